The van der Waals surface area contributed by atoms with E-state index >= 15 is 0 Å². The first-order valence-electron chi connectivity index (χ1n) is 5.15. The van der Waals surface area contributed by atoms with Gasteiger partial charge in [0, 0.05) is 12.4 Å². The first-order valence-corrected chi connectivity index (χ1v) is 5.15. The van der Waals surface area contributed by atoms with Gasteiger partial charge in [-0.05, 0) is 24.3 Å². The fraction of sp³-hybridized carbons (Fsp3) is 0. The Morgan fingerprint density at radius 3 is 2.53 bits per heavy atom. The quantitative estimate of drug-likeness (QED) is 0.837. The summed E-state index contributed by atoms with van der Waals surface area (Å²) in [4.78, 5) is 37.4. The average Bonchev–Trinajstić information content (AvgIpc) is 2.38. The molecule has 0 fully saturated rings. The van der Waals surface area contributed by atoms with Crippen LogP contribution >= 0.6 is 0 Å². The molecule has 0 bridgehead atoms. The van der Waals surface area contributed by atoms with Crippen LogP contribution in [0, 0.1) is 0 Å². The summed E-state index contributed by atoms with van der Waals surface area (Å²) in [5.41, 5.74) is -1.23. The number of hydrogen-bond donors (Lipinski definition) is 2. The maximum atomic E-state index is 11.9. The summed E-state index contributed by atoms with van der Waals surface area (Å²) in [5, 5.41) is 17.7. The Balaban J connectivity index is 2.63. The number of nitrogens with zero attached hydrogens (tertiary/aromatic N) is 2. The highest BCUT2D eigenvalue weighted by Gasteiger charge is 2.12. The minimum Gasteiger partial charge on any atom is -0.478 e. The Kier molecular flexibility index (Phi) is 3.11. The molecule has 7 heteroatoms. The predicted molar refractivity (Wildman–Crippen MR) is 63.8 cm³/mol. The van der Waals surface area contributed by atoms with Gasteiger partial charge in [0.25, 0.3) is 5.56 Å². The van der Waals surface area contributed by atoms with Crippen LogP contribution in [0.5, 0.6) is 0 Å². The number of pyridine rings is 2. The van der Waals surface area contributed by atoms with Crippen molar-refractivity contribution in [2.45, 2.75) is 0 Å². The molecule has 0 aliphatic rings. The third kappa shape index (κ3) is 2.34. The zero-order valence-corrected chi connectivity index (χ0v) is 9.48. The average molecular weight is 260 g/mol. The van der Waals surface area contributed by atoms with E-state index in [0.717, 1.165) is 4.57 Å². The molecule has 0 saturated heterocycles. The number of carbonyl (C=O) groups is 2. The molecule has 2 N–H and O–H groups in total. The Labute approximate surface area is 106 Å². The Hall–Kier alpha value is -2.96. The molecule has 0 unspecified atom stereocenters. The first-order chi connectivity index (χ1) is 9.00. The van der Waals surface area contributed by atoms with Crippen molar-refractivity contribution in [3.05, 3.63) is 58.1 Å². The lowest BCUT2D eigenvalue weighted by molar-refractivity contribution is 0.0684. The molecule has 0 aromatic carbocycles. The number of hydrogen-bond acceptors (Lipinski definition) is 4. The largest absolute Gasteiger partial charge is 0.478 e. The number of carboxylic acid groups (broad SMARTS) is 2. The normalized spacial score (nSPS) is 10.1. The van der Waals surface area contributed by atoms with Gasteiger partial charge in [-0.25, -0.2) is 14.6 Å². The summed E-state index contributed by atoms with van der Waals surface area (Å²) in [6.07, 6.45) is 2.56. The molecule has 0 saturated carbocycles. The minimum atomic E-state index is -1.35. The van der Waals surface area contributed by atoms with E-state index in [9.17, 15) is 14.4 Å². The smallest absolute Gasteiger partial charge is 0.341 e. The van der Waals surface area contributed by atoms with Gasteiger partial charge in [-0.15, -0.1) is 0 Å². The highest BCUT2D eigenvalue weighted by atomic mass is 16.4. The van der Waals surface area contributed by atoms with Crippen LogP contribution < -0.4 is 5.56 Å². The lowest BCUT2D eigenvalue weighted by atomic mass is 10.2. The summed E-state index contributed by atoms with van der Waals surface area (Å²) < 4.78 is 0.982. The summed E-state index contributed by atoms with van der Waals surface area (Å²) in [6, 6.07) is 5.01. The zero-order chi connectivity index (χ0) is 14.0. The molecule has 0 aliphatic heterocycles. The Bertz CT molecular complexity index is 720. The number of carboxylic acids is 2. The summed E-state index contributed by atoms with van der Waals surface area (Å²) in [7, 11) is 0. The molecule has 2 aromatic rings. The van der Waals surface area contributed by atoms with Gasteiger partial charge in [-0.3, -0.25) is 9.36 Å². The van der Waals surface area contributed by atoms with Gasteiger partial charge in [-0.1, -0.05) is 0 Å². The molecule has 0 aliphatic carbocycles. The predicted octanol–water partition coefficient (Wildman–Crippen LogP) is 0.629. The number of aromatic nitrogens is 2. The van der Waals surface area contributed by atoms with Gasteiger partial charge >= 0.3 is 11.9 Å². The lowest BCUT2D eigenvalue weighted by Crippen LogP contribution is -2.25. The molecule has 96 valence electrons. The van der Waals surface area contributed by atoms with Crippen molar-refractivity contribution >= 4 is 11.9 Å². The van der Waals surface area contributed by atoms with Gasteiger partial charge in [0.15, 0.2) is 0 Å². The van der Waals surface area contributed by atoms with Gasteiger partial charge < -0.3 is 10.2 Å². The SMILES string of the molecule is O=C(O)c1ccnc(-n2cccc(C(=O)O)c2=O)c1. The molecule has 0 spiro atoms. The van der Waals surface area contributed by atoms with E-state index in [0.29, 0.717) is 0 Å². The third-order valence-corrected chi connectivity index (χ3v) is 2.42. The molecule has 2 aromatic heterocycles. The standard InChI is InChI=1S/C12H8N2O5/c15-10-8(12(18)19)2-1-5-14(10)9-6-7(11(16)17)3-4-13-9/h1-6H,(H,16,17)(H,18,19). The third-order valence-electron chi connectivity index (χ3n) is 2.42. The number of rotatable bonds is 3. The lowest BCUT2D eigenvalue weighted by Gasteiger charge is -2.05. The van der Waals surface area contributed by atoms with Crippen molar-refractivity contribution in [1.82, 2.24) is 9.55 Å². The first kappa shape index (κ1) is 12.5. The fourth-order valence-electron chi connectivity index (χ4n) is 1.52. The summed E-state index contributed by atoms with van der Waals surface area (Å²) in [6.45, 7) is 0. The van der Waals surface area contributed by atoms with E-state index < -0.39 is 23.1 Å². The van der Waals surface area contributed by atoms with Crippen LogP contribution in [0.1, 0.15) is 20.7 Å². The van der Waals surface area contributed by atoms with Crippen molar-refractivity contribution in [3.63, 3.8) is 0 Å². The van der Waals surface area contributed by atoms with E-state index in [1.807, 2.05) is 0 Å². The molecule has 0 amide bonds. The molecular weight excluding hydrogens is 252 g/mol. The highest BCUT2D eigenvalue weighted by Crippen LogP contribution is 2.06. The molecule has 2 heterocycles. The molecule has 19 heavy (non-hydrogen) atoms. The Morgan fingerprint density at radius 1 is 1.16 bits per heavy atom. The van der Waals surface area contributed by atoms with Crippen molar-refractivity contribution in [3.8, 4) is 5.82 Å². The van der Waals surface area contributed by atoms with E-state index in [4.69, 9.17) is 10.2 Å². The monoisotopic (exact) mass is 260 g/mol. The maximum absolute atomic E-state index is 11.9. The van der Waals surface area contributed by atoms with Crippen molar-refractivity contribution in [2.24, 2.45) is 0 Å². The second kappa shape index (κ2) is 4.73. The fourth-order valence-corrected chi connectivity index (χ4v) is 1.52. The Morgan fingerprint density at radius 2 is 1.89 bits per heavy atom. The van der Waals surface area contributed by atoms with E-state index in [-0.39, 0.29) is 11.4 Å². The molecule has 0 atom stereocenters. The van der Waals surface area contributed by atoms with Gasteiger partial charge in [0.05, 0.1) is 5.56 Å². The van der Waals surface area contributed by atoms with E-state index in [2.05, 4.69) is 4.98 Å². The topological polar surface area (TPSA) is 109 Å². The minimum absolute atomic E-state index is 0.0439. The van der Waals surface area contributed by atoms with Crippen LogP contribution in [0.15, 0.2) is 41.5 Å². The summed E-state index contributed by atoms with van der Waals surface area (Å²) in [5.74, 6) is -2.46. The van der Waals surface area contributed by atoms with E-state index in [1.54, 1.807) is 0 Å². The number of aromatic carboxylic acids is 2. The van der Waals surface area contributed by atoms with Crippen molar-refractivity contribution in [2.75, 3.05) is 0 Å². The van der Waals surface area contributed by atoms with Crippen molar-refractivity contribution in [1.29, 1.82) is 0 Å². The van der Waals surface area contributed by atoms with Crippen LogP contribution in [0.4, 0.5) is 0 Å². The van der Waals surface area contributed by atoms with Crippen molar-refractivity contribution < 1.29 is 19.8 Å². The van der Waals surface area contributed by atoms with Gasteiger partial charge in [0.2, 0.25) is 0 Å². The van der Waals surface area contributed by atoms with Crippen LogP contribution in [0.25, 0.3) is 5.82 Å². The molecule has 2 rings (SSSR count). The summed E-state index contributed by atoms with van der Waals surface area (Å²) >= 11 is 0. The van der Waals surface area contributed by atoms with Crippen LogP contribution in [0.2, 0.25) is 0 Å². The van der Waals surface area contributed by atoms with E-state index in [1.165, 1.54) is 36.7 Å². The highest BCUT2D eigenvalue weighted by molar-refractivity contribution is 5.88. The zero-order valence-electron chi connectivity index (χ0n) is 9.48. The molecule has 7 nitrogen and oxygen atoms in total. The molecular formula is C12H8N2O5. The van der Waals surface area contributed by atoms with Gasteiger partial charge in [-0.2, -0.15) is 0 Å². The second-order valence-electron chi connectivity index (χ2n) is 3.61. The van der Waals surface area contributed by atoms with Gasteiger partial charge in [0.1, 0.15) is 11.4 Å². The van der Waals surface area contributed by atoms with Crippen LogP contribution in [-0.2, 0) is 0 Å². The van der Waals surface area contributed by atoms with Crippen LogP contribution in [0.3, 0.4) is 0 Å². The molecule has 0 radical (unpaired) electrons. The van der Waals surface area contributed by atoms with Crippen LogP contribution in [-0.4, -0.2) is 31.7 Å². The maximum Gasteiger partial charge on any atom is 0.341 e. The second-order valence-corrected chi connectivity index (χ2v) is 3.61.